The van der Waals surface area contributed by atoms with E-state index < -0.39 is 0 Å². The zero-order valence-corrected chi connectivity index (χ0v) is 16.0. The minimum atomic E-state index is -0.0396. The summed E-state index contributed by atoms with van der Waals surface area (Å²) in [5, 5.41) is 8.58. The maximum absolute atomic E-state index is 12.7. The standard InChI is InChI=1S/C22H23N3OS/c26-22(23-12-14-25-13-10-21-17(16-25)11-15-27-21)19-8-4-5-9-20(19)24-18-6-2-1-3-7-18/h1-9,11,15,24H,10,12-14,16H2,(H,23,26). The maximum atomic E-state index is 12.7. The van der Waals surface area contributed by atoms with E-state index in [2.05, 4.69) is 27.0 Å². The minimum Gasteiger partial charge on any atom is -0.355 e. The number of thiophene rings is 1. The molecule has 1 aliphatic heterocycles. The highest BCUT2D eigenvalue weighted by molar-refractivity contribution is 7.10. The van der Waals surface area contributed by atoms with Gasteiger partial charge in [-0.3, -0.25) is 9.69 Å². The first-order valence-corrected chi connectivity index (χ1v) is 10.1. The van der Waals surface area contributed by atoms with Gasteiger partial charge in [-0.2, -0.15) is 0 Å². The van der Waals surface area contributed by atoms with Gasteiger partial charge in [-0.15, -0.1) is 11.3 Å². The van der Waals surface area contributed by atoms with Gasteiger partial charge in [0.25, 0.3) is 5.91 Å². The van der Waals surface area contributed by atoms with Crippen LogP contribution in [-0.4, -0.2) is 30.4 Å². The summed E-state index contributed by atoms with van der Waals surface area (Å²) in [6.07, 6.45) is 1.12. The molecule has 0 bridgehead atoms. The molecule has 5 heteroatoms. The van der Waals surface area contributed by atoms with E-state index in [1.807, 2.05) is 65.9 Å². The number of nitrogens with one attached hydrogen (secondary N) is 2. The third-order valence-electron chi connectivity index (χ3n) is 4.82. The third-order valence-corrected chi connectivity index (χ3v) is 5.85. The van der Waals surface area contributed by atoms with Crippen LogP contribution in [0.3, 0.4) is 0 Å². The second-order valence-electron chi connectivity index (χ2n) is 6.69. The normalized spacial score (nSPS) is 13.8. The van der Waals surface area contributed by atoms with E-state index >= 15 is 0 Å². The molecular formula is C22H23N3OS. The van der Waals surface area contributed by atoms with Crippen LogP contribution in [-0.2, 0) is 13.0 Å². The summed E-state index contributed by atoms with van der Waals surface area (Å²) >= 11 is 1.85. The molecule has 3 aromatic rings. The molecular weight excluding hydrogens is 354 g/mol. The molecule has 2 heterocycles. The number of hydrogen-bond donors (Lipinski definition) is 2. The van der Waals surface area contributed by atoms with Crippen molar-refractivity contribution in [3.05, 3.63) is 82.0 Å². The van der Waals surface area contributed by atoms with Crippen LogP contribution in [0.5, 0.6) is 0 Å². The van der Waals surface area contributed by atoms with Crippen molar-refractivity contribution in [3.63, 3.8) is 0 Å². The largest absolute Gasteiger partial charge is 0.355 e. The van der Waals surface area contributed by atoms with Crippen molar-refractivity contribution in [1.82, 2.24) is 10.2 Å². The van der Waals surface area contributed by atoms with Crippen molar-refractivity contribution in [3.8, 4) is 0 Å². The second kappa shape index (κ2) is 8.37. The lowest BCUT2D eigenvalue weighted by Gasteiger charge is -2.26. The van der Waals surface area contributed by atoms with Crippen molar-refractivity contribution >= 4 is 28.6 Å². The fourth-order valence-electron chi connectivity index (χ4n) is 3.39. The third kappa shape index (κ3) is 4.38. The number of carbonyl (C=O) groups excluding carboxylic acids is 1. The van der Waals surface area contributed by atoms with Crippen LogP contribution in [0.15, 0.2) is 66.0 Å². The van der Waals surface area contributed by atoms with Crippen molar-refractivity contribution < 1.29 is 4.79 Å². The molecule has 0 aliphatic carbocycles. The van der Waals surface area contributed by atoms with E-state index in [9.17, 15) is 4.79 Å². The van der Waals surface area contributed by atoms with Gasteiger partial charge in [-0.05, 0) is 47.7 Å². The number of fused-ring (bicyclic) bond motifs is 1. The Hall–Kier alpha value is -2.63. The van der Waals surface area contributed by atoms with Crippen molar-refractivity contribution in [2.45, 2.75) is 13.0 Å². The Labute approximate surface area is 163 Å². The van der Waals surface area contributed by atoms with Gasteiger partial charge in [0, 0.05) is 36.7 Å². The number of benzene rings is 2. The van der Waals surface area contributed by atoms with Crippen LogP contribution in [0.4, 0.5) is 11.4 Å². The Morgan fingerprint density at radius 3 is 2.74 bits per heavy atom. The highest BCUT2D eigenvalue weighted by atomic mass is 32.1. The van der Waals surface area contributed by atoms with Gasteiger partial charge in [-0.25, -0.2) is 0 Å². The highest BCUT2D eigenvalue weighted by Gasteiger charge is 2.17. The lowest BCUT2D eigenvalue weighted by molar-refractivity contribution is 0.0948. The summed E-state index contributed by atoms with van der Waals surface area (Å²) in [7, 11) is 0. The Morgan fingerprint density at radius 2 is 1.85 bits per heavy atom. The van der Waals surface area contributed by atoms with Gasteiger partial charge in [0.05, 0.1) is 11.3 Å². The zero-order chi connectivity index (χ0) is 18.5. The minimum absolute atomic E-state index is 0.0396. The maximum Gasteiger partial charge on any atom is 0.253 e. The fourth-order valence-corrected chi connectivity index (χ4v) is 4.28. The van der Waals surface area contributed by atoms with Crippen molar-refractivity contribution in [2.24, 2.45) is 0 Å². The van der Waals surface area contributed by atoms with E-state index in [0.29, 0.717) is 12.1 Å². The van der Waals surface area contributed by atoms with E-state index in [1.54, 1.807) is 0 Å². The Morgan fingerprint density at radius 1 is 1.04 bits per heavy atom. The van der Waals surface area contributed by atoms with Crippen LogP contribution in [0.25, 0.3) is 0 Å². The molecule has 0 fully saturated rings. The van der Waals surface area contributed by atoms with Crippen LogP contribution in [0.1, 0.15) is 20.8 Å². The summed E-state index contributed by atoms with van der Waals surface area (Å²) < 4.78 is 0. The number of rotatable bonds is 6. The Balaban J connectivity index is 1.34. The van der Waals surface area contributed by atoms with Crippen LogP contribution >= 0.6 is 11.3 Å². The molecule has 138 valence electrons. The van der Waals surface area contributed by atoms with Crippen LogP contribution in [0.2, 0.25) is 0 Å². The molecule has 27 heavy (non-hydrogen) atoms. The predicted octanol–water partition coefficient (Wildman–Crippen LogP) is 4.28. The smallest absolute Gasteiger partial charge is 0.253 e. The summed E-state index contributed by atoms with van der Waals surface area (Å²) in [4.78, 5) is 16.6. The SMILES string of the molecule is O=C(NCCN1CCc2sccc2C1)c1ccccc1Nc1ccccc1. The number of nitrogens with zero attached hydrogens (tertiary/aromatic N) is 1. The fraction of sp³-hybridized carbons (Fsp3) is 0.227. The number of amides is 1. The summed E-state index contributed by atoms with van der Waals surface area (Å²) in [6, 6.07) is 19.8. The molecule has 4 rings (SSSR count). The molecule has 1 aliphatic rings. The van der Waals surface area contributed by atoms with Gasteiger partial charge < -0.3 is 10.6 Å². The summed E-state index contributed by atoms with van der Waals surface area (Å²) in [5.41, 5.74) is 3.90. The lowest BCUT2D eigenvalue weighted by atomic mass is 10.1. The molecule has 2 N–H and O–H groups in total. The first kappa shape index (κ1) is 17.8. The van der Waals surface area contributed by atoms with Crippen LogP contribution < -0.4 is 10.6 Å². The molecule has 1 amide bonds. The first-order valence-electron chi connectivity index (χ1n) is 9.26. The number of carbonyl (C=O) groups is 1. The predicted molar refractivity (Wildman–Crippen MR) is 112 cm³/mol. The molecule has 0 saturated heterocycles. The first-order chi connectivity index (χ1) is 13.3. The van der Waals surface area contributed by atoms with E-state index in [-0.39, 0.29) is 5.91 Å². The topological polar surface area (TPSA) is 44.4 Å². The quantitative estimate of drug-likeness (QED) is 0.674. The monoisotopic (exact) mass is 377 g/mol. The van der Waals surface area contributed by atoms with Crippen LogP contribution in [0, 0.1) is 0 Å². The molecule has 2 aromatic carbocycles. The van der Waals surface area contributed by atoms with E-state index in [4.69, 9.17) is 0 Å². The van der Waals surface area contributed by atoms with Gasteiger partial charge in [-0.1, -0.05) is 30.3 Å². The number of hydrogen-bond acceptors (Lipinski definition) is 4. The van der Waals surface area contributed by atoms with E-state index in [0.717, 1.165) is 37.4 Å². The molecule has 0 unspecified atom stereocenters. The van der Waals surface area contributed by atoms with Gasteiger partial charge in [0.1, 0.15) is 0 Å². The zero-order valence-electron chi connectivity index (χ0n) is 15.2. The van der Waals surface area contributed by atoms with Crippen molar-refractivity contribution in [2.75, 3.05) is 25.0 Å². The number of para-hydroxylation sites is 2. The Kier molecular flexibility index (Phi) is 5.51. The summed E-state index contributed by atoms with van der Waals surface area (Å²) in [5.74, 6) is -0.0396. The molecule has 0 saturated carbocycles. The van der Waals surface area contributed by atoms with Gasteiger partial charge in [0.15, 0.2) is 0 Å². The van der Waals surface area contributed by atoms with Gasteiger partial charge >= 0.3 is 0 Å². The summed E-state index contributed by atoms with van der Waals surface area (Å²) in [6.45, 7) is 3.57. The molecule has 0 radical (unpaired) electrons. The molecule has 4 nitrogen and oxygen atoms in total. The molecule has 0 spiro atoms. The highest BCUT2D eigenvalue weighted by Crippen LogP contribution is 2.24. The Bertz CT molecular complexity index is 907. The van der Waals surface area contributed by atoms with Gasteiger partial charge in [0.2, 0.25) is 0 Å². The van der Waals surface area contributed by atoms with E-state index in [1.165, 1.54) is 10.4 Å². The molecule has 0 atom stereocenters. The average Bonchev–Trinajstić information content (AvgIpc) is 3.17. The second-order valence-corrected chi connectivity index (χ2v) is 7.69. The molecule has 1 aromatic heterocycles. The lowest BCUT2D eigenvalue weighted by Crippen LogP contribution is -2.37. The average molecular weight is 378 g/mol. The van der Waals surface area contributed by atoms with Crippen molar-refractivity contribution in [1.29, 1.82) is 0 Å². The number of anilines is 2.